The van der Waals surface area contributed by atoms with Gasteiger partial charge in [0, 0.05) is 6.42 Å². The highest BCUT2D eigenvalue weighted by molar-refractivity contribution is 5.75. The van der Waals surface area contributed by atoms with E-state index in [4.69, 9.17) is 14.2 Å². The highest BCUT2D eigenvalue weighted by Crippen LogP contribution is 2.53. The molecule has 3 aliphatic rings. The lowest BCUT2D eigenvalue weighted by atomic mass is 9.81. The van der Waals surface area contributed by atoms with Crippen molar-refractivity contribution < 1.29 is 19.0 Å². The first kappa shape index (κ1) is 12.2. The van der Waals surface area contributed by atoms with Crippen LogP contribution < -0.4 is 0 Å². The van der Waals surface area contributed by atoms with Crippen LogP contribution in [0.15, 0.2) is 12.2 Å². The molecular formula is C14H20O4. The lowest BCUT2D eigenvalue weighted by Gasteiger charge is -2.30. The summed E-state index contributed by atoms with van der Waals surface area (Å²) in [6, 6.07) is 0. The first-order valence-corrected chi connectivity index (χ1v) is 6.86. The van der Waals surface area contributed by atoms with Crippen molar-refractivity contribution in [2.75, 3.05) is 19.8 Å². The molecule has 0 bridgehead atoms. The van der Waals surface area contributed by atoms with Crippen molar-refractivity contribution in [3.05, 3.63) is 12.2 Å². The number of esters is 1. The number of hydrogen-bond donors (Lipinski definition) is 0. The Bertz CT molecular complexity index is 357. The van der Waals surface area contributed by atoms with Crippen LogP contribution in [0, 0.1) is 17.8 Å². The molecule has 2 fully saturated rings. The van der Waals surface area contributed by atoms with Gasteiger partial charge >= 0.3 is 5.97 Å². The summed E-state index contributed by atoms with van der Waals surface area (Å²) in [6.07, 6.45) is 7.15. The molecule has 3 atom stereocenters. The van der Waals surface area contributed by atoms with Crippen molar-refractivity contribution in [1.29, 1.82) is 0 Å². The van der Waals surface area contributed by atoms with Gasteiger partial charge in [0.25, 0.3) is 0 Å². The Kier molecular flexibility index (Phi) is 3.16. The lowest BCUT2D eigenvalue weighted by molar-refractivity contribution is -0.203. The molecule has 3 rings (SSSR count). The zero-order valence-corrected chi connectivity index (χ0v) is 10.8. The minimum atomic E-state index is -0.701. The summed E-state index contributed by atoms with van der Waals surface area (Å²) in [6.45, 7) is 3.43. The molecule has 0 aromatic carbocycles. The number of ether oxygens (including phenoxy) is 3. The summed E-state index contributed by atoms with van der Waals surface area (Å²) in [4.78, 5) is 12.3. The Morgan fingerprint density at radius 1 is 1.33 bits per heavy atom. The second-order valence-corrected chi connectivity index (χ2v) is 5.31. The molecule has 2 aliphatic carbocycles. The Hall–Kier alpha value is -0.870. The number of rotatable bonds is 2. The third-order valence-corrected chi connectivity index (χ3v) is 4.38. The van der Waals surface area contributed by atoms with Crippen molar-refractivity contribution in [3.63, 3.8) is 0 Å². The maximum atomic E-state index is 12.3. The number of carbonyl (C=O) groups is 1. The fourth-order valence-electron chi connectivity index (χ4n) is 3.71. The Morgan fingerprint density at radius 2 is 2.06 bits per heavy atom. The van der Waals surface area contributed by atoms with E-state index in [0.717, 1.165) is 19.3 Å². The van der Waals surface area contributed by atoms with Gasteiger partial charge in [0.15, 0.2) is 5.79 Å². The van der Waals surface area contributed by atoms with Crippen molar-refractivity contribution >= 4 is 5.97 Å². The average molecular weight is 252 g/mol. The van der Waals surface area contributed by atoms with Gasteiger partial charge in [-0.1, -0.05) is 12.2 Å². The largest absolute Gasteiger partial charge is 0.466 e. The summed E-state index contributed by atoms with van der Waals surface area (Å²) in [5, 5.41) is 0. The van der Waals surface area contributed by atoms with E-state index in [-0.39, 0.29) is 11.9 Å². The van der Waals surface area contributed by atoms with Crippen LogP contribution in [0.1, 0.15) is 26.2 Å². The molecule has 1 saturated carbocycles. The van der Waals surface area contributed by atoms with E-state index in [9.17, 15) is 4.79 Å². The standard InChI is InChI=1S/C14H20O4/c1-2-16-13(15)12-11-6-4-3-5-10(11)9-14(12)17-7-8-18-14/h3-4,10-12H,2,5-9H2,1H3/t10-,11+,12+/m0/s1. The summed E-state index contributed by atoms with van der Waals surface area (Å²) in [7, 11) is 0. The first-order chi connectivity index (χ1) is 8.77. The minimum absolute atomic E-state index is 0.151. The van der Waals surface area contributed by atoms with Gasteiger partial charge in [-0.25, -0.2) is 0 Å². The Balaban J connectivity index is 1.88. The normalized spacial score (nSPS) is 36.8. The topological polar surface area (TPSA) is 44.8 Å². The molecular weight excluding hydrogens is 232 g/mol. The van der Waals surface area contributed by atoms with Crippen molar-refractivity contribution in [2.45, 2.75) is 32.0 Å². The highest BCUT2D eigenvalue weighted by atomic mass is 16.7. The average Bonchev–Trinajstić information content (AvgIpc) is 2.94. The van der Waals surface area contributed by atoms with Gasteiger partial charge in [0.2, 0.25) is 0 Å². The molecule has 0 aromatic rings. The van der Waals surface area contributed by atoms with Crippen LogP contribution >= 0.6 is 0 Å². The molecule has 0 N–H and O–H groups in total. The predicted molar refractivity (Wildman–Crippen MR) is 64.7 cm³/mol. The van der Waals surface area contributed by atoms with Crippen LogP contribution in [-0.2, 0) is 19.0 Å². The van der Waals surface area contributed by atoms with Crippen molar-refractivity contribution in [2.24, 2.45) is 17.8 Å². The SMILES string of the molecule is CCOC(=O)[C@H]1[C@@H]2CC=CC[C@H]2CC12OCCO2. The maximum absolute atomic E-state index is 12.3. The molecule has 4 heteroatoms. The van der Waals surface area contributed by atoms with E-state index in [1.54, 1.807) is 0 Å². The molecule has 1 aliphatic heterocycles. The fourth-order valence-corrected chi connectivity index (χ4v) is 3.71. The van der Waals surface area contributed by atoms with Gasteiger partial charge in [0.1, 0.15) is 5.92 Å². The molecule has 0 amide bonds. The number of hydrogen-bond acceptors (Lipinski definition) is 4. The van der Waals surface area contributed by atoms with Gasteiger partial charge in [-0.05, 0) is 31.6 Å². The monoisotopic (exact) mass is 252 g/mol. The molecule has 1 spiro atoms. The van der Waals surface area contributed by atoms with Crippen LogP contribution in [0.5, 0.6) is 0 Å². The Labute approximate surface area is 107 Å². The van der Waals surface area contributed by atoms with Gasteiger partial charge in [-0.15, -0.1) is 0 Å². The van der Waals surface area contributed by atoms with E-state index < -0.39 is 5.79 Å². The quantitative estimate of drug-likeness (QED) is 0.556. The third kappa shape index (κ3) is 1.79. The van der Waals surface area contributed by atoms with Gasteiger partial charge < -0.3 is 14.2 Å². The van der Waals surface area contributed by atoms with E-state index in [0.29, 0.717) is 31.7 Å². The maximum Gasteiger partial charge on any atom is 0.314 e. The smallest absolute Gasteiger partial charge is 0.314 e. The van der Waals surface area contributed by atoms with Gasteiger partial charge in [-0.3, -0.25) is 4.79 Å². The predicted octanol–water partition coefficient (Wildman–Crippen LogP) is 1.89. The second-order valence-electron chi connectivity index (χ2n) is 5.31. The van der Waals surface area contributed by atoms with Crippen molar-refractivity contribution in [3.8, 4) is 0 Å². The fraction of sp³-hybridized carbons (Fsp3) is 0.786. The molecule has 0 radical (unpaired) electrons. The third-order valence-electron chi connectivity index (χ3n) is 4.38. The molecule has 100 valence electrons. The van der Waals surface area contributed by atoms with E-state index in [1.165, 1.54) is 0 Å². The molecule has 4 nitrogen and oxygen atoms in total. The lowest BCUT2D eigenvalue weighted by Crippen LogP contribution is -2.42. The van der Waals surface area contributed by atoms with Crippen LogP contribution in [0.3, 0.4) is 0 Å². The number of allylic oxidation sites excluding steroid dienone is 2. The van der Waals surface area contributed by atoms with E-state index in [1.807, 2.05) is 6.92 Å². The van der Waals surface area contributed by atoms with E-state index >= 15 is 0 Å². The molecule has 18 heavy (non-hydrogen) atoms. The number of carbonyl (C=O) groups excluding carboxylic acids is 1. The summed E-state index contributed by atoms with van der Waals surface area (Å²) >= 11 is 0. The molecule has 1 saturated heterocycles. The van der Waals surface area contributed by atoms with Crippen LogP contribution in [-0.4, -0.2) is 31.6 Å². The first-order valence-electron chi connectivity index (χ1n) is 6.86. The van der Waals surface area contributed by atoms with E-state index in [2.05, 4.69) is 12.2 Å². The van der Waals surface area contributed by atoms with Crippen LogP contribution in [0.4, 0.5) is 0 Å². The zero-order chi connectivity index (χ0) is 12.6. The highest BCUT2D eigenvalue weighted by Gasteiger charge is 2.60. The van der Waals surface area contributed by atoms with Crippen LogP contribution in [0.25, 0.3) is 0 Å². The minimum Gasteiger partial charge on any atom is -0.466 e. The zero-order valence-electron chi connectivity index (χ0n) is 10.8. The van der Waals surface area contributed by atoms with Crippen molar-refractivity contribution in [1.82, 2.24) is 0 Å². The number of fused-ring (bicyclic) bond motifs is 1. The molecule has 1 heterocycles. The molecule has 0 unspecified atom stereocenters. The molecule has 0 aromatic heterocycles. The summed E-state index contributed by atoms with van der Waals surface area (Å²) in [5.74, 6) is -0.306. The van der Waals surface area contributed by atoms with Crippen LogP contribution in [0.2, 0.25) is 0 Å². The summed E-state index contributed by atoms with van der Waals surface area (Å²) < 4.78 is 16.9. The Morgan fingerprint density at radius 3 is 2.78 bits per heavy atom. The summed E-state index contributed by atoms with van der Waals surface area (Å²) in [5.41, 5.74) is 0. The van der Waals surface area contributed by atoms with Gasteiger partial charge in [-0.2, -0.15) is 0 Å². The van der Waals surface area contributed by atoms with Gasteiger partial charge in [0.05, 0.1) is 19.8 Å². The second kappa shape index (κ2) is 4.67.